The lowest BCUT2D eigenvalue weighted by atomic mass is 10.1. The summed E-state index contributed by atoms with van der Waals surface area (Å²) in [5, 5.41) is 0. The Morgan fingerprint density at radius 2 is 1.94 bits per heavy atom. The maximum absolute atomic E-state index is 14.1. The Labute approximate surface area is 185 Å². The first-order chi connectivity index (χ1) is 15.3. The van der Waals surface area contributed by atoms with E-state index in [0.717, 1.165) is 18.4 Å². The van der Waals surface area contributed by atoms with Crippen LogP contribution in [-0.2, 0) is 22.1 Å². The SMILES string of the molecule is O=c1ccn(CCCCCS(=O)(=O)NC2(c3ccc(F)c(OCC4CC4)c3)CC2)c(=O)[nH]1. The van der Waals surface area contributed by atoms with Gasteiger partial charge in [-0.15, -0.1) is 0 Å². The highest BCUT2D eigenvalue weighted by Crippen LogP contribution is 2.47. The van der Waals surface area contributed by atoms with Gasteiger partial charge in [0.25, 0.3) is 5.56 Å². The number of H-pyrrole nitrogens is 1. The Morgan fingerprint density at radius 3 is 2.62 bits per heavy atom. The van der Waals surface area contributed by atoms with Crippen LogP contribution in [0.4, 0.5) is 4.39 Å². The summed E-state index contributed by atoms with van der Waals surface area (Å²) in [7, 11) is -3.52. The molecule has 2 fully saturated rings. The fraction of sp³-hybridized carbons (Fsp3) is 0.545. The first kappa shape index (κ1) is 22.7. The molecule has 0 unspecified atom stereocenters. The first-order valence-corrected chi connectivity index (χ1v) is 12.7. The standard InChI is InChI=1S/C22H28FN3O5S/c23-18-7-6-17(14-19(18)31-15-16-4-5-16)22(9-10-22)25-32(29,30)13-3-1-2-11-26-12-8-20(27)24-21(26)28/h6-8,12,14,16,25H,1-5,9-11,13,15H2,(H,24,27,28). The van der Waals surface area contributed by atoms with E-state index in [1.165, 1.54) is 22.9 Å². The fourth-order valence-corrected chi connectivity index (χ4v) is 5.30. The summed E-state index contributed by atoms with van der Waals surface area (Å²) >= 11 is 0. The molecule has 2 N–H and O–H groups in total. The zero-order chi connectivity index (χ0) is 22.8. The molecule has 32 heavy (non-hydrogen) atoms. The van der Waals surface area contributed by atoms with E-state index in [1.54, 1.807) is 12.1 Å². The number of benzene rings is 1. The molecule has 1 aromatic carbocycles. The number of hydrogen-bond acceptors (Lipinski definition) is 5. The molecule has 0 aliphatic heterocycles. The quantitative estimate of drug-likeness (QED) is 0.467. The van der Waals surface area contributed by atoms with Crippen molar-refractivity contribution < 1.29 is 17.5 Å². The third kappa shape index (κ3) is 5.86. The van der Waals surface area contributed by atoms with Gasteiger partial charge in [-0.25, -0.2) is 22.3 Å². The van der Waals surface area contributed by atoms with Crippen molar-refractivity contribution in [3.63, 3.8) is 0 Å². The number of aryl methyl sites for hydroxylation is 1. The van der Waals surface area contributed by atoms with Crippen molar-refractivity contribution in [3.8, 4) is 5.75 Å². The van der Waals surface area contributed by atoms with Gasteiger partial charge in [-0.3, -0.25) is 9.78 Å². The van der Waals surface area contributed by atoms with Crippen LogP contribution in [0.5, 0.6) is 5.75 Å². The molecule has 174 valence electrons. The Kier molecular flexibility index (Phi) is 6.52. The van der Waals surface area contributed by atoms with Crippen molar-refractivity contribution in [2.45, 2.75) is 57.0 Å². The summed E-state index contributed by atoms with van der Waals surface area (Å²) in [5.74, 6) is 0.211. The summed E-state index contributed by atoms with van der Waals surface area (Å²) in [6.45, 7) is 0.899. The van der Waals surface area contributed by atoms with Crippen LogP contribution >= 0.6 is 0 Å². The molecule has 0 bridgehead atoms. The summed E-state index contributed by atoms with van der Waals surface area (Å²) < 4.78 is 49.2. The number of sulfonamides is 1. The number of unbranched alkanes of at least 4 members (excludes halogenated alkanes) is 2. The van der Waals surface area contributed by atoms with Gasteiger partial charge in [-0.05, 0) is 62.1 Å². The lowest BCUT2D eigenvalue weighted by Crippen LogP contribution is -2.36. The van der Waals surface area contributed by atoms with E-state index in [0.29, 0.717) is 51.2 Å². The van der Waals surface area contributed by atoms with Crippen molar-refractivity contribution in [3.05, 3.63) is 62.7 Å². The summed E-state index contributed by atoms with van der Waals surface area (Å²) in [5.41, 5.74) is -0.874. The van der Waals surface area contributed by atoms with Gasteiger partial charge in [0.2, 0.25) is 10.0 Å². The van der Waals surface area contributed by atoms with E-state index in [4.69, 9.17) is 4.74 Å². The normalized spacial score (nSPS) is 17.3. The van der Waals surface area contributed by atoms with Crippen molar-refractivity contribution >= 4 is 10.0 Å². The van der Waals surface area contributed by atoms with Crippen molar-refractivity contribution in [2.24, 2.45) is 5.92 Å². The monoisotopic (exact) mass is 465 g/mol. The second kappa shape index (κ2) is 9.19. The number of nitrogens with zero attached hydrogens (tertiary/aromatic N) is 1. The fourth-order valence-electron chi connectivity index (χ4n) is 3.70. The average molecular weight is 466 g/mol. The Balaban J connectivity index is 1.28. The average Bonchev–Trinajstić information content (AvgIpc) is 3.65. The van der Waals surface area contributed by atoms with Crippen molar-refractivity contribution in [1.29, 1.82) is 0 Å². The van der Waals surface area contributed by atoms with Crippen LogP contribution in [-0.4, -0.2) is 30.3 Å². The number of hydrogen-bond donors (Lipinski definition) is 2. The van der Waals surface area contributed by atoms with Gasteiger partial charge in [-0.2, -0.15) is 0 Å². The maximum atomic E-state index is 14.1. The van der Waals surface area contributed by atoms with Gasteiger partial charge in [0.1, 0.15) is 0 Å². The molecule has 2 aliphatic carbocycles. The molecule has 0 radical (unpaired) electrons. The lowest BCUT2D eigenvalue weighted by molar-refractivity contribution is 0.284. The van der Waals surface area contributed by atoms with Crippen LogP contribution in [0.25, 0.3) is 0 Å². The van der Waals surface area contributed by atoms with Crippen LogP contribution in [0.2, 0.25) is 0 Å². The summed E-state index contributed by atoms with van der Waals surface area (Å²) in [6.07, 6.45) is 6.65. The second-order valence-corrected chi connectivity index (χ2v) is 10.6. The van der Waals surface area contributed by atoms with E-state index >= 15 is 0 Å². The molecular weight excluding hydrogens is 437 g/mol. The molecule has 0 amide bonds. The third-order valence-corrected chi connectivity index (χ3v) is 7.49. The Hall–Kier alpha value is -2.46. The third-order valence-electron chi connectivity index (χ3n) is 5.97. The van der Waals surface area contributed by atoms with Crippen LogP contribution in [0.1, 0.15) is 50.5 Å². The zero-order valence-corrected chi connectivity index (χ0v) is 18.6. The largest absolute Gasteiger partial charge is 0.490 e. The molecule has 0 spiro atoms. The number of aromatic amines is 1. The summed E-state index contributed by atoms with van der Waals surface area (Å²) in [6, 6.07) is 5.86. The van der Waals surface area contributed by atoms with E-state index in [-0.39, 0.29) is 11.5 Å². The minimum absolute atomic E-state index is 0.0263. The maximum Gasteiger partial charge on any atom is 0.328 e. The second-order valence-electron chi connectivity index (χ2n) is 8.77. The van der Waals surface area contributed by atoms with Crippen LogP contribution in [0.3, 0.4) is 0 Å². The topological polar surface area (TPSA) is 110 Å². The van der Waals surface area contributed by atoms with Gasteiger partial charge in [0, 0.05) is 18.8 Å². The highest BCUT2D eigenvalue weighted by atomic mass is 32.2. The van der Waals surface area contributed by atoms with Crippen molar-refractivity contribution in [2.75, 3.05) is 12.4 Å². The molecule has 10 heteroatoms. The first-order valence-electron chi connectivity index (χ1n) is 11.0. The molecule has 1 heterocycles. The number of halogens is 1. The molecule has 0 atom stereocenters. The number of aromatic nitrogens is 2. The molecule has 4 rings (SSSR count). The number of rotatable bonds is 12. The Bertz CT molecular complexity index is 1180. The van der Waals surface area contributed by atoms with Crippen LogP contribution in [0, 0.1) is 11.7 Å². The van der Waals surface area contributed by atoms with Gasteiger partial charge in [0.15, 0.2) is 11.6 Å². The van der Waals surface area contributed by atoms with Gasteiger partial charge >= 0.3 is 5.69 Å². The molecular formula is C22H28FN3O5S. The predicted molar refractivity (Wildman–Crippen MR) is 118 cm³/mol. The van der Waals surface area contributed by atoms with Crippen LogP contribution in [0.15, 0.2) is 40.1 Å². The summed E-state index contributed by atoms with van der Waals surface area (Å²) in [4.78, 5) is 24.9. The predicted octanol–water partition coefficient (Wildman–Crippen LogP) is 2.24. The Morgan fingerprint density at radius 1 is 1.16 bits per heavy atom. The van der Waals surface area contributed by atoms with E-state index in [9.17, 15) is 22.4 Å². The van der Waals surface area contributed by atoms with Crippen LogP contribution < -0.4 is 20.7 Å². The van der Waals surface area contributed by atoms with Gasteiger partial charge in [0.05, 0.1) is 17.9 Å². The molecule has 1 aromatic heterocycles. The minimum Gasteiger partial charge on any atom is -0.490 e. The van der Waals surface area contributed by atoms with E-state index in [1.807, 2.05) is 0 Å². The highest BCUT2D eigenvalue weighted by Gasteiger charge is 2.47. The zero-order valence-electron chi connectivity index (χ0n) is 17.8. The number of ether oxygens (including phenoxy) is 1. The molecule has 2 saturated carbocycles. The lowest BCUT2D eigenvalue weighted by Gasteiger charge is -2.19. The minimum atomic E-state index is -3.52. The molecule has 2 aliphatic rings. The number of nitrogens with one attached hydrogen (secondary N) is 2. The van der Waals surface area contributed by atoms with E-state index < -0.39 is 32.6 Å². The van der Waals surface area contributed by atoms with Gasteiger partial charge in [-0.1, -0.05) is 12.5 Å². The smallest absolute Gasteiger partial charge is 0.328 e. The van der Waals surface area contributed by atoms with Gasteiger partial charge < -0.3 is 9.30 Å². The molecule has 8 nitrogen and oxygen atoms in total. The highest BCUT2D eigenvalue weighted by molar-refractivity contribution is 7.89. The molecule has 2 aromatic rings. The van der Waals surface area contributed by atoms with E-state index in [2.05, 4.69) is 9.71 Å². The molecule has 0 saturated heterocycles. The van der Waals surface area contributed by atoms with Crippen molar-refractivity contribution in [1.82, 2.24) is 14.3 Å².